The fourth-order valence-electron chi connectivity index (χ4n) is 2.82. The first-order chi connectivity index (χ1) is 12.1. The van der Waals surface area contributed by atoms with Crippen molar-refractivity contribution < 1.29 is 14.3 Å². The largest absolute Gasteiger partial charge is 0.494 e. The van der Waals surface area contributed by atoms with Crippen molar-refractivity contribution in [2.24, 2.45) is 5.92 Å². The van der Waals surface area contributed by atoms with Gasteiger partial charge in [0, 0.05) is 22.2 Å². The topological polar surface area (TPSA) is 58.6 Å². The van der Waals surface area contributed by atoms with E-state index in [1.54, 1.807) is 4.90 Å². The zero-order chi connectivity index (χ0) is 17.8. The zero-order valence-corrected chi connectivity index (χ0v) is 16.0. The van der Waals surface area contributed by atoms with Crippen LogP contribution in [0.25, 0.3) is 0 Å². The molecule has 1 N–H and O–H groups in total. The van der Waals surface area contributed by atoms with E-state index in [1.807, 2.05) is 55.5 Å². The minimum atomic E-state index is -0.352. The van der Waals surface area contributed by atoms with E-state index in [9.17, 15) is 9.59 Å². The Bertz CT molecular complexity index is 776. The minimum absolute atomic E-state index is 0.0351. The van der Waals surface area contributed by atoms with E-state index in [0.717, 1.165) is 20.7 Å². The molecular weight excluding hydrogens is 431 g/mol. The van der Waals surface area contributed by atoms with Crippen molar-refractivity contribution in [1.82, 2.24) is 0 Å². The second-order valence-electron chi connectivity index (χ2n) is 5.80. The molecule has 0 radical (unpaired) electrons. The molecule has 5 nitrogen and oxygen atoms in total. The number of halogens is 1. The number of nitrogens with zero attached hydrogens (tertiary/aromatic N) is 1. The van der Waals surface area contributed by atoms with Gasteiger partial charge in [0.05, 0.1) is 18.2 Å². The monoisotopic (exact) mass is 450 g/mol. The summed E-state index contributed by atoms with van der Waals surface area (Å²) in [5.41, 5.74) is 1.57. The number of carbonyl (C=O) groups excluding carboxylic acids is 2. The highest BCUT2D eigenvalue weighted by Crippen LogP contribution is 2.28. The number of nitrogens with one attached hydrogen (secondary N) is 1. The summed E-state index contributed by atoms with van der Waals surface area (Å²) in [6.45, 7) is 2.92. The molecule has 1 fully saturated rings. The Morgan fingerprint density at radius 2 is 1.96 bits per heavy atom. The maximum absolute atomic E-state index is 12.5. The van der Waals surface area contributed by atoms with Crippen LogP contribution in [0.3, 0.4) is 0 Å². The van der Waals surface area contributed by atoms with Crippen molar-refractivity contribution in [1.29, 1.82) is 0 Å². The summed E-state index contributed by atoms with van der Waals surface area (Å²) in [6, 6.07) is 15.0. The highest BCUT2D eigenvalue weighted by atomic mass is 127. The van der Waals surface area contributed by atoms with Crippen molar-refractivity contribution in [3.05, 3.63) is 52.1 Å². The van der Waals surface area contributed by atoms with Gasteiger partial charge in [0.25, 0.3) is 0 Å². The molecule has 0 saturated carbocycles. The third-order valence-electron chi connectivity index (χ3n) is 4.09. The molecular formula is C19H19IN2O3. The van der Waals surface area contributed by atoms with E-state index in [-0.39, 0.29) is 24.2 Å². The number of para-hydroxylation sites is 1. The number of benzene rings is 2. The molecule has 6 heteroatoms. The van der Waals surface area contributed by atoms with Gasteiger partial charge < -0.3 is 15.0 Å². The highest BCUT2D eigenvalue weighted by Gasteiger charge is 2.35. The van der Waals surface area contributed by atoms with Gasteiger partial charge in [-0.15, -0.1) is 0 Å². The summed E-state index contributed by atoms with van der Waals surface area (Å²) in [4.78, 5) is 26.5. The quantitative estimate of drug-likeness (QED) is 0.708. The smallest absolute Gasteiger partial charge is 0.229 e. The van der Waals surface area contributed by atoms with Crippen molar-refractivity contribution in [3.63, 3.8) is 0 Å². The molecule has 0 aliphatic carbocycles. The molecule has 1 atom stereocenters. The lowest BCUT2D eigenvalue weighted by Crippen LogP contribution is -2.28. The zero-order valence-electron chi connectivity index (χ0n) is 13.9. The number of hydrogen-bond acceptors (Lipinski definition) is 3. The van der Waals surface area contributed by atoms with Gasteiger partial charge in [-0.1, -0.05) is 12.1 Å². The van der Waals surface area contributed by atoms with Crippen LogP contribution in [0.15, 0.2) is 48.5 Å². The maximum Gasteiger partial charge on any atom is 0.229 e. The van der Waals surface area contributed by atoms with E-state index < -0.39 is 0 Å². The Balaban J connectivity index is 1.67. The number of carbonyl (C=O) groups is 2. The maximum atomic E-state index is 12.5. The Morgan fingerprint density at radius 1 is 1.24 bits per heavy atom. The molecule has 25 heavy (non-hydrogen) atoms. The summed E-state index contributed by atoms with van der Waals surface area (Å²) in [7, 11) is 0. The van der Waals surface area contributed by atoms with Gasteiger partial charge in [0.15, 0.2) is 0 Å². The van der Waals surface area contributed by atoms with Gasteiger partial charge >= 0.3 is 0 Å². The Hall–Kier alpha value is -2.09. The van der Waals surface area contributed by atoms with Gasteiger partial charge in [0.2, 0.25) is 11.8 Å². The molecule has 1 saturated heterocycles. The molecule has 2 amide bonds. The fraction of sp³-hybridized carbons (Fsp3) is 0.263. The number of ether oxygens (including phenoxy) is 1. The number of anilines is 2. The highest BCUT2D eigenvalue weighted by molar-refractivity contribution is 14.1. The van der Waals surface area contributed by atoms with Crippen molar-refractivity contribution >= 4 is 45.8 Å². The third kappa shape index (κ3) is 4.12. The lowest BCUT2D eigenvalue weighted by molar-refractivity contribution is -0.122. The average Bonchev–Trinajstić information content (AvgIpc) is 3.00. The molecule has 0 spiro atoms. The summed E-state index contributed by atoms with van der Waals surface area (Å²) in [6.07, 6.45) is 0.225. The molecule has 0 aromatic heterocycles. The number of hydrogen-bond donors (Lipinski definition) is 1. The van der Waals surface area contributed by atoms with Crippen LogP contribution in [0.1, 0.15) is 13.3 Å². The van der Waals surface area contributed by atoms with Gasteiger partial charge in [-0.05, 0) is 65.9 Å². The summed E-state index contributed by atoms with van der Waals surface area (Å²) < 4.78 is 6.39. The lowest BCUT2D eigenvalue weighted by Gasteiger charge is -2.17. The van der Waals surface area contributed by atoms with Crippen LogP contribution in [0, 0.1) is 9.49 Å². The first-order valence-corrected chi connectivity index (χ1v) is 9.25. The van der Waals surface area contributed by atoms with Crippen molar-refractivity contribution in [2.45, 2.75) is 13.3 Å². The van der Waals surface area contributed by atoms with E-state index in [2.05, 4.69) is 27.9 Å². The van der Waals surface area contributed by atoms with E-state index in [4.69, 9.17) is 4.74 Å². The number of amides is 2. The molecule has 2 aromatic rings. The normalized spacial score (nSPS) is 16.8. The van der Waals surface area contributed by atoms with Crippen molar-refractivity contribution in [2.75, 3.05) is 23.4 Å². The van der Waals surface area contributed by atoms with Crippen LogP contribution < -0.4 is 15.0 Å². The summed E-state index contributed by atoms with van der Waals surface area (Å²) in [5, 5.41) is 2.93. The van der Waals surface area contributed by atoms with Crippen molar-refractivity contribution in [3.8, 4) is 5.75 Å². The molecule has 1 heterocycles. The van der Waals surface area contributed by atoms with Gasteiger partial charge in [-0.2, -0.15) is 0 Å². The van der Waals surface area contributed by atoms with E-state index in [0.29, 0.717) is 13.2 Å². The Kier molecular flexibility index (Phi) is 5.57. The standard InChI is InChI=1S/C19H19IN2O3/c1-2-25-15-9-7-14(8-10-15)22-12-13(11-18(22)23)19(24)21-17-6-4-3-5-16(17)20/h3-10,13H,2,11-12H2,1H3,(H,21,24). The average molecular weight is 450 g/mol. The minimum Gasteiger partial charge on any atom is -0.494 e. The molecule has 1 aliphatic rings. The summed E-state index contributed by atoms with van der Waals surface area (Å²) >= 11 is 2.18. The second-order valence-corrected chi connectivity index (χ2v) is 6.96. The van der Waals surface area contributed by atoms with Gasteiger partial charge in [0.1, 0.15) is 5.75 Å². The molecule has 130 valence electrons. The van der Waals surface area contributed by atoms with E-state index in [1.165, 1.54) is 0 Å². The predicted octanol–water partition coefficient (Wildman–Crippen LogP) is 3.68. The molecule has 2 aromatic carbocycles. The molecule has 1 unspecified atom stereocenters. The SMILES string of the molecule is CCOc1ccc(N2CC(C(=O)Nc3ccccc3I)CC2=O)cc1. The fourth-order valence-corrected chi connectivity index (χ4v) is 3.34. The third-order valence-corrected chi connectivity index (χ3v) is 5.03. The van der Waals surface area contributed by atoms with Crippen LogP contribution in [-0.2, 0) is 9.59 Å². The van der Waals surface area contributed by atoms with Gasteiger partial charge in [-0.25, -0.2) is 0 Å². The van der Waals surface area contributed by atoms with Crippen LogP contribution in [0.5, 0.6) is 5.75 Å². The second kappa shape index (κ2) is 7.86. The first kappa shape index (κ1) is 17.7. The predicted molar refractivity (Wildman–Crippen MR) is 106 cm³/mol. The molecule has 3 rings (SSSR count). The molecule has 1 aliphatic heterocycles. The molecule has 0 bridgehead atoms. The van der Waals surface area contributed by atoms with Crippen LogP contribution >= 0.6 is 22.6 Å². The summed E-state index contributed by atoms with van der Waals surface area (Å²) in [5.74, 6) is 0.263. The van der Waals surface area contributed by atoms with E-state index >= 15 is 0 Å². The Morgan fingerprint density at radius 3 is 2.64 bits per heavy atom. The van der Waals surface area contributed by atoms with Gasteiger partial charge in [-0.3, -0.25) is 9.59 Å². The van der Waals surface area contributed by atoms with Crippen LogP contribution in [-0.4, -0.2) is 25.0 Å². The Labute approximate surface area is 160 Å². The van der Waals surface area contributed by atoms with Crippen LogP contribution in [0.4, 0.5) is 11.4 Å². The van der Waals surface area contributed by atoms with Crippen LogP contribution in [0.2, 0.25) is 0 Å². The number of rotatable bonds is 5. The first-order valence-electron chi connectivity index (χ1n) is 8.17. The lowest BCUT2D eigenvalue weighted by atomic mass is 10.1.